The second-order valence-electron chi connectivity index (χ2n) is 6.72. The summed E-state index contributed by atoms with van der Waals surface area (Å²) in [6.45, 7) is 1.89. The number of nitrogens with zero attached hydrogens (tertiary/aromatic N) is 6. The maximum absolute atomic E-state index is 12.6. The van der Waals surface area contributed by atoms with Gasteiger partial charge < -0.3 is 14.5 Å². The highest BCUT2D eigenvalue weighted by atomic mass is 16.5. The van der Waals surface area contributed by atoms with Gasteiger partial charge in [0.15, 0.2) is 17.1 Å². The molecule has 32 heavy (non-hydrogen) atoms. The summed E-state index contributed by atoms with van der Waals surface area (Å²) in [7, 11) is 1.58. The van der Waals surface area contributed by atoms with Crippen molar-refractivity contribution in [1.82, 2.24) is 29.4 Å². The summed E-state index contributed by atoms with van der Waals surface area (Å²) < 4.78 is 13.6. The molecule has 11 heteroatoms. The van der Waals surface area contributed by atoms with Crippen LogP contribution in [-0.2, 0) is 0 Å². The van der Waals surface area contributed by atoms with Gasteiger partial charge in [-0.25, -0.2) is 14.5 Å². The number of allylic oxidation sites excluding steroid dienone is 1. The second-order valence-corrected chi connectivity index (χ2v) is 6.72. The van der Waals surface area contributed by atoms with Gasteiger partial charge in [0, 0.05) is 18.1 Å². The lowest BCUT2D eigenvalue weighted by atomic mass is 10.3. The van der Waals surface area contributed by atoms with Gasteiger partial charge in [0.05, 0.1) is 18.8 Å². The largest absolute Gasteiger partial charge is 0.497 e. The Morgan fingerprint density at radius 1 is 1.12 bits per heavy atom. The Bertz CT molecular complexity index is 1430. The summed E-state index contributed by atoms with van der Waals surface area (Å²) in [5, 5.41) is 15.1. The van der Waals surface area contributed by atoms with Gasteiger partial charge in [0.2, 0.25) is 11.8 Å². The number of benzene rings is 1. The molecular weight excluding hydrogens is 412 g/mol. The molecule has 5 rings (SSSR count). The standard InChI is InChI=1S/C21H18N8O3/c1-3-10-28-12-15-17(26-28)24-20(25-21(30)22-13-6-8-14(31-2)9-7-13)29-19(15)23-18(27-29)16-5-4-11-32-16/h3-12H,1-2H3,(H2,22,24,25,26,30). The Hall–Kier alpha value is -4.67. The third-order valence-electron chi connectivity index (χ3n) is 4.59. The molecule has 0 atom stereocenters. The number of anilines is 2. The highest BCUT2D eigenvalue weighted by molar-refractivity contribution is 6.00. The van der Waals surface area contributed by atoms with E-state index in [2.05, 4.69) is 30.8 Å². The van der Waals surface area contributed by atoms with Gasteiger partial charge in [-0.1, -0.05) is 6.08 Å². The third kappa shape index (κ3) is 3.51. The van der Waals surface area contributed by atoms with Crippen molar-refractivity contribution in [2.24, 2.45) is 0 Å². The van der Waals surface area contributed by atoms with Gasteiger partial charge in [0.25, 0.3) is 0 Å². The van der Waals surface area contributed by atoms with E-state index in [0.717, 1.165) is 0 Å². The van der Waals surface area contributed by atoms with Crippen molar-refractivity contribution in [3.8, 4) is 17.3 Å². The molecular formula is C21H18N8O3. The molecule has 0 unspecified atom stereocenters. The van der Waals surface area contributed by atoms with Crippen molar-refractivity contribution in [2.45, 2.75) is 6.92 Å². The normalized spacial score (nSPS) is 11.4. The van der Waals surface area contributed by atoms with Crippen LogP contribution in [0, 0.1) is 0 Å². The Morgan fingerprint density at radius 2 is 1.97 bits per heavy atom. The van der Waals surface area contributed by atoms with Crippen LogP contribution in [-0.4, -0.2) is 42.5 Å². The summed E-state index contributed by atoms with van der Waals surface area (Å²) in [6, 6.07) is 9.97. The zero-order valence-electron chi connectivity index (χ0n) is 17.2. The number of ether oxygens (including phenoxy) is 1. The molecule has 0 saturated heterocycles. The first-order valence-electron chi connectivity index (χ1n) is 9.69. The van der Waals surface area contributed by atoms with E-state index in [9.17, 15) is 4.79 Å². The number of fused-ring (bicyclic) bond motifs is 3. The number of furan rings is 1. The highest BCUT2D eigenvalue weighted by Crippen LogP contribution is 2.24. The average Bonchev–Trinajstić information content (AvgIpc) is 3.53. The number of rotatable bonds is 5. The number of carbonyl (C=O) groups is 1. The number of aromatic nitrogens is 6. The molecule has 0 bridgehead atoms. The molecule has 0 aliphatic heterocycles. The molecule has 0 saturated carbocycles. The van der Waals surface area contributed by atoms with Crippen molar-refractivity contribution >= 4 is 40.5 Å². The number of methoxy groups -OCH3 is 1. The topological polar surface area (TPSA) is 124 Å². The van der Waals surface area contributed by atoms with Crippen molar-refractivity contribution in [3.05, 3.63) is 54.9 Å². The minimum Gasteiger partial charge on any atom is -0.497 e. The minimum atomic E-state index is -0.494. The minimum absolute atomic E-state index is 0.162. The molecule has 0 fully saturated rings. The van der Waals surface area contributed by atoms with Gasteiger partial charge >= 0.3 is 6.03 Å². The fraction of sp³-hybridized carbons (Fsp3) is 0.0952. The summed E-state index contributed by atoms with van der Waals surface area (Å²) in [5.74, 6) is 1.71. The second kappa shape index (κ2) is 7.87. The van der Waals surface area contributed by atoms with Crippen LogP contribution >= 0.6 is 0 Å². The fourth-order valence-corrected chi connectivity index (χ4v) is 3.16. The Kier molecular flexibility index (Phi) is 4.75. The SMILES string of the molecule is CC=Cn1cc2c(nc(NC(=O)Nc3ccc(OC)cc3)n3nc(-c4ccco4)nc23)n1. The van der Waals surface area contributed by atoms with Crippen LogP contribution in [0.15, 0.2) is 59.4 Å². The van der Waals surface area contributed by atoms with E-state index in [-0.39, 0.29) is 5.95 Å². The van der Waals surface area contributed by atoms with Crippen molar-refractivity contribution in [2.75, 3.05) is 17.7 Å². The summed E-state index contributed by atoms with van der Waals surface area (Å²) in [4.78, 5) is 21.7. The molecule has 0 spiro atoms. The summed E-state index contributed by atoms with van der Waals surface area (Å²) in [6.07, 6.45) is 6.97. The van der Waals surface area contributed by atoms with E-state index in [0.29, 0.717) is 39.7 Å². The van der Waals surface area contributed by atoms with Crippen LogP contribution in [0.3, 0.4) is 0 Å². The van der Waals surface area contributed by atoms with Crippen LogP contribution in [0.5, 0.6) is 5.75 Å². The molecule has 2 amide bonds. The quantitative estimate of drug-likeness (QED) is 0.433. The predicted molar refractivity (Wildman–Crippen MR) is 118 cm³/mol. The number of urea groups is 1. The first-order valence-corrected chi connectivity index (χ1v) is 9.69. The highest BCUT2D eigenvalue weighted by Gasteiger charge is 2.19. The number of hydrogen-bond donors (Lipinski definition) is 2. The molecule has 5 aromatic rings. The zero-order valence-corrected chi connectivity index (χ0v) is 17.2. The fourth-order valence-electron chi connectivity index (χ4n) is 3.16. The maximum atomic E-state index is 12.6. The number of carbonyl (C=O) groups excluding carboxylic acids is 1. The molecule has 4 heterocycles. The van der Waals surface area contributed by atoms with Gasteiger partial charge in [-0.05, 0) is 43.3 Å². The van der Waals surface area contributed by atoms with E-state index < -0.39 is 6.03 Å². The van der Waals surface area contributed by atoms with E-state index in [4.69, 9.17) is 9.15 Å². The average molecular weight is 430 g/mol. The molecule has 11 nitrogen and oxygen atoms in total. The molecule has 160 valence electrons. The van der Waals surface area contributed by atoms with Gasteiger partial charge in [-0.3, -0.25) is 5.32 Å². The van der Waals surface area contributed by atoms with E-state index in [1.807, 2.05) is 13.0 Å². The van der Waals surface area contributed by atoms with Gasteiger partial charge in [-0.15, -0.1) is 10.2 Å². The Labute approximate surface area is 181 Å². The van der Waals surface area contributed by atoms with Crippen LogP contribution in [0.2, 0.25) is 0 Å². The molecule has 2 N–H and O–H groups in total. The van der Waals surface area contributed by atoms with Gasteiger partial charge in [0.1, 0.15) is 5.75 Å². The molecule has 4 aromatic heterocycles. The van der Waals surface area contributed by atoms with E-state index in [1.165, 1.54) is 4.52 Å². The summed E-state index contributed by atoms with van der Waals surface area (Å²) in [5.41, 5.74) is 1.48. The lowest BCUT2D eigenvalue weighted by Gasteiger charge is -2.08. The lowest BCUT2D eigenvalue weighted by Crippen LogP contribution is -2.22. The Balaban J connectivity index is 1.54. The number of nitrogens with one attached hydrogen (secondary N) is 2. The number of hydrogen-bond acceptors (Lipinski definition) is 7. The van der Waals surface area contributed by atoms with Crippen LogP contribution in [0.25, 0.3) is 34.5 Å². The number of amides is 2. The van der Waals surface area contributed by atoms with Crippen molar-refractivity contribution in [1.29, 1.82) is 0 Å². The summed E-state index contributed by atoms with van der Waals surface area (Å²) >= 11 is 0. The van der Waals surface area contributed by atoms with Crippen LogP contribution < -0.4 is 15.4 Å². The zero-order chi connectivity index (χ0) is 22.1. The Morgan fingerprint density at radius 3 is 2.69 bits per heavy atom. The van der Waals surface area contributed by atoms with Crippen LogP contribution in [0.4, 0.5) is 16.4 Å². The van der Waals surface area contributed by atoms with Crippen molar-refractivity contribution in [3.63, 3.8) is 0 Å². The maximum Gasteiger partial charge on any atom is 0.326 e. The third-order valence-corrected chi connectivity index (χ3v) is 4.59. The molecule has 0 aliphatic carbocycles. The van der Waals surface area contributed by atoms with E-state index >= 15 is 0 Å². The molecule has 1 aromatic carbocycles. The van der Waals surface area contributed by atoms with Gasteiger partial charge in [-0.2, -0.15) is 9.50 Å². The van der Waals surface area contributed by atoms with E-state index in [1.54, 1.807) is 66.8 Å². The van der Waals surface area contributed by atoms with Crippen molar-refractivity contribution < 1.29 is 13.9 Å². The van der Waals surface area contributed by atoms with Crippen LogP contribution in [0.1, 0.15) is 6.92 Å². The first-order chi connectivity index (χ1) is 15.6. The smallest absolute Gasteiger partial charge is 0.326 e. The molecule has 0 aliphatic rings. The lowest BCUT2D eigenvalue weighted by molar-refractivity contribution is 0.262. The first kappa shape index (κ1) is 19.3. The predicted octanol–water partition coefficient (Wildman–Crippen LogP) is 3.88. The molecule has 0 radical (unpaired) electrons. The monoisotopic (exact) mass is 430 g/mol.